The number of aromatic nitrogens is 2. The molecule has 3 rings (SSSR count). The molecular formula is C19H17N3O. The Morgan fingerprint density at radius 3 is 2.26 bits per heavy atom. The molecule has 23 heavy (non-hydrogen) atoms. The number of ether oxygens (including phenoxy) is 1. The molecule has 114 valence electrons. The van der Waals surface area contributed by atoms with Crippen molar-refractivity contribution < 1.29 is 4.74 Å². The number of rotatable bonds is 6. The van der Waals surface area contributed by atoms with Gasteiger partial charge >= 0.3 is 0 Å². The van der Waals surface area contributed by atoms with Crippen molar-refractivity contribution in [2.24, 2.45) is 0 Å². The molecule has 0 aliphatic heterocycles. The maximum atomic E-state index is 8.99. The molecule has 0 spiro atoms. The van der Waals surface area contributed by atoms with Gasteiger partial charge in [-0.05, 0) is 11.1 Å². The minimum Gasteiger partial charge on any atom is -0.472 e. The standard InChI is InChI=1S/C19H17N3O/c20-12-11-18-14-22(13-16-7-3-1-4-8-16)21-19(18)23-15-17-9-5-2-6-10-17/h1-10,14H,11,13,15H2. The van der Waals surface area contributed by atoms with Gasteiger partial charge in [0.2, 0.25) is 5.88 Å². The zero-order chi connectivity index (χ0) is 15.9. The van der Waals surface area contributed by atoms with Crippen molar-refractivity contribution in [3.8, 4) is 11.9 Å². The lowest BCUT2D eigenvalue weighted by Gasteiger charge is -2.04. The molecular weight excluding hydrogens is 286 g/mol. The summed E-state index contributed by atoms with van der Waals surface area (Å²) >= 11 is 0. The Bertz CT molecular complexity index is 788. The van der Waals surface area contributed by atoms with Crippen LogP contribution in [-0.4, -0.2) is 9.78 Å². The van der Waals surface area contributed by atoms with Gasteiger partial charge in [-0.15, -0.1) is 5.10 Å². The van der Waals surface area contributed by atoms with Crippen molar-refractivity contribution in [3.63, 3.8) is 0 Å². The molecule has 0 saturated heterocycles. The summed E-state index contributed by atoms with van der Waals surface area (Å²) in [4.78, 5) is 0. The molecule has 0 radical (unpaired) electrons. The van der Waals surface area contributed by atoms with Crippen molar-refractivity contribution in [1.82, 2.24) is 9.78 Å². The molecule has 0 bridgehead atoms. The second kappa shape index (κ2) is 7.28. The molecule has 0 saturated carbocycles. The van der Waals surface area contributed by atoms with Crippen LogP contribution in [0.15, 0.2) is 66.9 Å². The molecule has 3 aromatic rings. The van der Waals surface area contributed by atoms with Crippen molar-refractivity contribution in [3.05, 3.63) is 83.6 Å². The van der Waals surface area contributed by atoms with E-state index in [0.717, 1.165) is 16.7 Å². The Morgan fingerprint density at radius 1 is 0.957 bits per heavy atom. The Hall–Kier alpha value is -3.06. The fraction of sp³-hybridized carbons (Fsp3) is 0.158. The number of nitrogens with zero attached hydrogens (tertiary/aromatic N) is 3. The van der Waals surface area contributed by atoms with Crippen molar-refractivity contribution in [2.75, 3.05) is 0 Å². The Labute approximate surface area is 135 Å². The van der Waals surface area contributed by atoms with Gasteiger partial charge in [0.15, 0.2) is 0 Å². The monoisotopic (exact) mass is 303 g/mol. The van der Waals surface area contributed by atoms with Gasteiger partial charge in [-0.1, -0.05) is 60.7 Å². The van der Waals surface area contributed by atoms with Gasteiger partial charge in [0.05, 0.1) is 19.0 Å². The summed E-state index contributed by atoms with van der Waals surface area (Å²) in [5.74, 6) is 0.534. The maximum absolute atomic E-state index is 8.99. The van der Waals surface area contributed by atoms with E-state index in [-0.39, 0.29) is 0 Å². The van der Waals surface area contributed by atoms with E-state index >= 15 is 0 Å². The highest BCUT2D eigenvalue weighted by atomic mass is 16.5. The lowest BCUT2D eigenvalue weighted by atomic mass is 10.2. The summed E-state index contributed by atoms with van der Waals surface area (Å²) in [6.45, 7) is 1.11. The topological polar surface area (TPSA) is 50.8 Å². The van der Waals surface area contributed by atoms with E-state index in [1.807, 2.05) is 59.4 Å². The molecule has 4 nitrogen and oxygen atoms in total. The number of hydrogen-bond donors (Lipinski definition) is 0. The highest BCUT2D eigenvalue weighted by molar-refractivity contribution is 5.28. The van der Waals surface area contributed by atoms with Crippen LogP contribution < -0.4 is 4.74 Å². The lowest BCUT2D eigenvalue weighted by Crippen LogP contribution is -2.01. The van der Waals surface area contributed by atoms with Crippen LogP contribution in [0.3, 0.4) is 0 Å². The quantitative estimate of drug-likeness (QED) is 0.699. The Balaban J connectivity index is 1.74. The van der Waals surface area contributed by atoms with E-state index in [0.29, 0.717) is 25.5 Å². The van der Waals surface area contributed by atoms with Gasteiger partial charge in [-0.3, -0.25) is 4.68 Å². The van der Waals surface area contributed by atoms with Gasteiger partial charge < -0.3 is 4.74 Å². The van der Waals surface area contributed by atoms with Crippen LogP contribution in [0, 0.1) is 11.3 Å². The van der Waals surface area contributed by atoms with Crippen LogP contribution in [0.5, 0.6) is 5.88 Å². The molecule has 0 aliphatic carbocycles. The molecule has 0 fully saturated rings. The maximum Gasteiger partial charge on any atom is 0.237 e. The van der Waals surface area contributed by atoms with Crippen LogP contribution in [0.1, 0.15) is 16.7 Å². The summed E-state index contributed by atoms with van der Waals surface area (Å²) in [6.07, 6.45) is 2.18. The van der Waals surface area contributed by atoms with Crippen LogP contribution >= 0.6 is 0 Å². The van der Waals surface area contributed by atoms with Gasteiger partial charge in [-0.2, -0.15) is 5.26 Å². The van der Waals surface area contributed by atoms with Crippen LogP contribution in [0.25, 0.3) is 0 Å². The zero-order valence-corrected chi connectivity index (χ0v) is 12.7. The van der Waals surface area contributed by atoms with Crippen molar-refractivity contribution >= 4 is 0 Å². The van der Waals surface area contributed by atoms with Gasteiger partial charge in [-0.25, -0.2) is 0 Å². The molecule has 0 amide bonds. The summed E-state index contributed by atoms with van der Waals surface area (Å²) in [6, 6.07) is 22.2. The first-order valence-electron chi connectivity index (χ1n) is 7.49. The van der Waals surface area contributed by atoms with Crippen LogP contribution in [0.2, 0.25) is 0 Å². The zero-order valence-electron chi connectivity index (χ0n) is 12.7. The Morgan fingerprint density at radius 2 is 1.61 bits per heavy atom. The number of hydrogen-bond acceptors (Lipinski definition) is 3. The van der Waals surface area contributed by atoms with E-state index in [1.54, 1.807) is 0 Å². The van der Waals surface area contributed by atoms with Crippen LogP contribution in [0.4, 0.5) is 0 Å². The van der Waals surface area contributed by atoms with Crippen molar-refractivity contribution in [2.45, 2.75) is 19.6 Å². The fourth-order valence-electron chi connectivity index (χ4n) is 2.35. The predicted octanol–water partition coefficient (Wildman–Crippen LogP) is 3.58. The third-order valence-electron chi connectivity index (χ3n) is 3.47. The first-order valence-corrected chi connectivity index (χ1v) is 7.49. The molecule has 0 unspecified atom stereocenters. The van der Waals surface area contributed by atoms with Gasteiger partial charge in [0, 0.05) is 11.8 Å². The van der Waals surface area contributed by atoms with Crippen LogP contribution in [-0.2, 0) is 19.6 Å². The first-order chi connectivity index (χ1) is 11.3. The lowest BCUT2D eigenvalue weighted by molar-refractivity contribution is 0.288. The normalized spacial score (nSPS) is 10.2. The Kier molecular flexibility index (Phi) is 4.70. The van der Waals surface area contributed by atoms with E-state index in [9.17, 15) is 0 Å². The summed E-state index contributed by atoms with van der Waals surface area (Å²) in [5.41, 5.74) is 3.06. The van der Waals surface area contributed by atoms with E-state index in [2.05, 4.69) is 23.3 Å². The third-order valence-corrected chi connectivity index (χ3v) is 3.47. The fourth-order valence-corrected chi connectivity index (χ4v) is 2.35. The summed E-state index contributed by atoms with van der Waals surface area (Å²) < 4.78 is 7.63. The second-order valence-corrected chi connectivity index (χ2v) is 5.25. The van der Waals surface area contributed by atoms with E-state index < -0.39 is 0 Å². The van der Waals surface area contributed by atoms with Gasteiger partial charge in [0.1, 0.15) is 6.61 Å². The smallest absolute Gasteiger partial charge is 0.237 e. The summed E-state index contributed by atoms with van der Waals surface area (Å²) in [7, 11) is 0. The molecule has 0 N–H and O–H groups in total. The van der Waals surface area contributed by atoms with E-state index in [1.165, 1.54) is 0 Å². The average molecular weight is 303 g/mol. The average Bonchev–Trinajstić information content (AvgIpc) is 2.97. The molecule has 1 aromatic heterocycles. The number of benzene rings is 2. The van der Waals surface area contributed by atoms with Crippen molar-refractivity contribution in [1.29, 1.82) is 5.26 Å². The highest BCUT2D eigenvalue weighted by Gasteiger charge is 2.11. The number of nitriles is 1. The summed E-state index contributed by atoms with van der Waals surface area (Å²) in [5, 5.41) is 13.5. The molecule has 2 aromatic carbocycles. The van der Waals surface area contributed by atoms with E-state index in [4.69, 9.17) is 10.00 Å². The third kappa shape index (κ3) is 3.98. The molecule has 0 aliphatic rings. The highest BCUT2D eigenvalue weighted by Crippen LogP contribution is 2.19. The first kappa shape index (κ1) is 14.9. The largest absolute Gasteiger partial charge is 0.472 e. The van der Waals surface area contributed by atoms with Gasteiger partial charge in [0.25, 0.3) is 0 Å². The SMILES string of the molecule is N#CCc1cn(Cc2ccccc2)nc1OCc1ccccc1. The minimum atomic E-state index is 0.291. The predicted molar refractivity (Wildman–Crippen MR) is 87.9 cm³/mol. The molecule has 4 heteroatoms. The molecule has 1 heterocycles. The minimum absolute atomic E-state index is 0.291. The second-order valence-electron chi connectivity index (χ2n) is 5.25. The molecule has 0 atom stereocenters.